The Labute approximate surface area is 159 Å². The average Bonchev–Trinajstić information content (AvgIpc) is 2.61. The maximum atomic E-state index is 12.3. The number of aromatic carboxylic acids is 1. The number of carboxylic acids is 1. The molecule has 10 nitrogen and oxygen atoms in total. The number of rotatable bonds is 7. The molecule has 0 saturated carbocycles. The van der Waals surface area contributed by atoms with Crippen LogP contribution in [0.3, 0.4) is 0 Å². The van der Waals surface area contributed by atoms with Gasteiger partial charge in [0.15, 0.2) is 11.5 Å². The third kappa shape index (κ3) is 5.22. The first-order valence-electron chi connectivity index (χ1n) is 7.65. The summed E-state index contributed by atoms with van der Waals surface area (Å²) in [5, 5.41) is 15.1. The van der Waals surface area contributed by atoms with Gasteiger partial charge < -0.3 is 10.4 Å². The van der Waals surface area contributed by atoms with Crippen LogP contribution in [0.1, 0.15) is 17.3 Å². The van der Waals surface area contributed by atoms with Crippen molar-refractivity contribution in [1.29, 1.82) is 0 Å². The van der Waals surface area contributed by atoms with Crippen LogP contribution in [-0.4, -0.2) is 41.4 Å². The Morgan fingerprint density at radius 3 is 2.32 bits per heavy atom. The number of amides is 1. The molecule has 0 spiro atoms. The number of anilines is 2. The van der Waals surface area contributed by atoms with Crippen LogP contribution in [0.5, 0.6) is 0 Å². The molecule has 2 aromatic carbocycles. The first-order valence-corrected chi connectivity index (χ1v) is 9.09. The minimum Gasteiger partial charge on any atom is -0.478 e. The topological polar surface area (TPSA) is 162 Å². The molecular formula is C17H15N3O7S. The molecule has 28 heavy (non-hydrogen) atoms. The molecule has 0 heterocycles. The molecule has 0 aromatic heterocycles. The highest BCUT2D eigenvalue weighted by atomic mass is 32.2. The van der Waals surface area contributed by atoms with E-state index in [1.165, 1.54) is 30.3 Å². The molecule has 0 saturated heterocycles. The molecule has 0 aliphatic rings. The third-order valence-corrected chi connectivity index (χ3v) is 4.23. The molecule has 0 atom stereocenters. The van der Waals surface area contributed by atoms with Gasteiger partial charge in [-0.15, -0.1) is 0 Å². The van der Waals surface area contributed by atoms with E-state index in [1.54, 1.807) is 6.07 Å². The Balaban J connectivity index is 2.27. The summed E-state index contributed by atoms with van der Waals surface area (Å²) in [6.45, 7) is 1.08. The van der Waals surface area contributed by atoms with E-state index >= 15 is 0 Å². The zero-order valence-corrected chi connectivity index (χ0v) is 15.2. The van der Waals surface area contributed by atoms with Gasteiger partial charge in [0.25, 0.3) is 16.0 Å². The molecule has 0 unspecified atom stereocenters. The number of carbonyl (C=O) groups is 3. The van der Waals surface area contributed by atoms with E-state index in [-0.39, 0.29) is 16.9 Å². The average molecular weight is 405 g/mol. The van der Waals surface area contributed by atoms with Gasteiger partial charge in [0.05, 0.1) is 16.1 Å². The molecule has 0 radical (unpaired) electrons. The van der Waals surface area contributed by atoms with Gasteiger partial charge in [-0.25, -0.2) is 4.79 Å². The fourth-order valence-electron chi connectivity index (χ4n) is 2.10. The first kappa shape index (κ1) is 20.7. The molecule has 4 N–H and O–H groups in total. The second-order valence-corrected chi connectivity index (χ2v) is 6.86. The minimum absolute atomic E-state index is 0.0000103. The van der Waals surface area contributed by atoms with Crippen molar-refractivity contribution in [3.8, 4) is 0 Å². The Morgan fingerprint density at radius 1 is 1.04 bits per heavy atom. The Morgan fingerprint density at radius 2 is 1.71 bits per heavy atom. The number of nitrogens with one attached hydrogen (secondary N) is 2. The van der Waals surface area contributed by atoms with E-state index in [2.05, 4.69) is 15.8 Å². The third-order valence-electron chi connectivity index (χ3n) is 3.38. The van der Waals surface area contributed by atoms with Crippen LogP contribution in [0.2, 0.25) is 0 Å². The maximum absolute atomic E-state index is 12.3. The van der Waals surface area contributed by atoms with Crippen LogP contribution in [0.4, 0.5) is 11.4 Å². The van der Waals surface area contributed by atoms with Gasteiger partial charge in [0, 0.05) is 12.6 Å². The van der Waals surface area contributed by atoms with E-state index in [9.17, 15) is 22.8 Å². The van der Waals surface area contributed by atoms with Crippen LogP contribution >= 0.6 is 0 Å². The van der Waals surface area contributed by atoms with Gasteiger partial charge in [-0.3, -0.25) is 19.6 Å². The predicted molar refractivity (Wildman–Crippen MR) is 100 cm³/mol. The number of hydrogen-bond donors (Lipinski definition) is 4. The molecule has 0 bridgehead atoms. The number of nitrogens with zero attached hydrogens (tertiary/aromatic N) is 1. The number of hydrazone groups is 1. The van der Waals surface area contributed by atoms with Gasteiger partial charge >= 0.3 is 5.97 Å². The minimum atomic E-state index is -4.47. The van der Waals surface area contributed by atoms with Crippen molar-refractivity contribution < 1.29 is 32.5 Å². The summed E-state index contributed by atoms with van der Waals surface area (Å²) in [4.78, 5) is 34.8. The number of para-hydroxylation sites is 1. The normalized spacial score (nSPS) is 11.6. The monoisotopic (exact) mass is 405 g/mol. The van der Waals surface area contributed by atoms with Crippen LogP contribution in [0.15, 0.2) is 58.5 Å². The van der Waals surface area contributed by atoms with Crippen LogP contribution in [0, 0.1) is 0 Å². The highest BCUT2D eigenvalue weighted by molar-refractivity contribution is 7.85. The number of carboxylic acid groups (broad SMARTS) is 1. The van der Waals surface area contributed by atoms with Crippen LogP contribution < -0.4 is 10.7 Å². The quantitative estimate of drug-likeness (QED) is 0.234. The summed E-state index contributed by atoms with van der Waals surface area (Å²) >= 11 is 0. The lowest BCUT2D eigenvalue weighted by Crippen LogP contribution is -2.29. The Bertz CT molecular complexity index is 1080. The van der Waals surface area contributed by atoms with Gasteiger partial charge in [0.1, 0.15) is 0 Å². The zero-order valence-electron chi connectivity index (χ0n) is 14.4. The molecule has 2 rings (SSSR count). The molecule has 0 aliphatic heterocycles. The van der Waals surface area contributed by atoms with E-state index in [1.807, 2.05) is 0 Å². The molecule has 146 valence electrons. The standard InChI is InChI=1S/C17H15N3O7S/c1-10(21)15(20-19-14-8-3-2-7-13(14)17(23)24)16(22)18-11-5-4-6-12(9-11)28(25,26)27/h2-9,19H,1H3,(H,18,22)(H,23,24)(H,25,26,27)/b20-15-. The lowest BCUT2D eigenvalue weighted by molar-refractivity contribution is -0.114. The fourth-order valence-corrected chi connectivity index (χ4v) is 2.62. The number of benzene rings is 2. The summed E-state index contributed by atoms with van der Waals surface area (Å²) in [5.41, 5.74) is 1.75. The van der Waals surface area contributed by atoms with E-state index < -0.39 is 38.4 Å². The fraction of sp³-hybridized carbons (Fsp3) is 0.0588. The summed E-state index contributed by atoms with van der Waals surface area (Å²) in [5.74, 6) is -2.90. The predicted octanol–water partition coefficient (Wildman–Crippen LogP) is 1.63. The van der Waals surface area contributed by atoms with E-state index in [0.717, 1.165) is 19.1 Å². The molecule has 0 aliphatic carbocycles. The Hall–Kier alpha value is -3.57. The first-order chi connectivity index (χ1) is 13.1. The van der Waals surface area contributed by atoms with Gasteiger partial charge in [-0.2, -0.15) is 13.5 Å². The lowest BCUT2D eigenvalue weighted by Gasteiger charge is -2.09. The van der Waals surface area contributed by atoms with Crippen molar-refractivity contribution in [1.82, 2.24) is 0 Å². The molecular weight excluding hydrogens is 390 g/mol. The van der Waals surface area contributed by atoms with Crippen molar-refractivity contribution >= 4 is 44.9 Å². The summed E-state index contributed by atoms with van der Waals surface area (Å²) in [7, 11) is -4.47. The van der Waals surface area contributed by atoms with Crippen molar-refractivity contribution in [3.05, 3.63) is 54.1 Å². The van der Waals surface area contributed by atoms with Crippen molar-refractivity contribution in [2.45, 2.75) is 11.8 Å². The van der Waals surface area contributed by atoms with E-state index in [4.69, 9.17) is 9.66 Å². The summed E-state index contributed by atoms with van der Waals surface area (Å²) in [6.07, 6.45) is 0. The van der Waals surface area contributed by atoms with Gasteiger partial charge in [-0.05, 0) is 30.3 Å². The van der Waals surface area contributed by atoms with Gasteiger partial charge in [0.2, 0.25) is 0 Å². The zero-order chi connectivity index (χ0) is 20.9. The van der Waals surface area contributed by atoms with Crippen LogP contribution in [0.25, 0.3) is 0 Å². The van der Waals surface area contributed by atoms with E-state index in [0.29, 0.717) is 0 Å². The largest absolute Gasteiger partial charge is 0.478 e. The second kappa shape index (κ2) is 8.41. The van der Waals surface area contributed by atoms with Gasteiger partial charge in [-0.1, -0.05) is 18.2 Å². The van der Waals surface area contributed by atoms with Crippen molar-refractivity contribution in [2.24, 2.45) is 5.10 Å². The number of ketones is 1. The van der Waals surface area contributed by atoms with Crippen molar-refractivity contribution in [3.63, 3.8) is 0 Å². The second-order valence-electron chi connectivity index (χ2n) is 5.44. The van der Waals surface area contributed by atoms with Crippen molar-refractivity contribution in [2.75, 3.05) is 10.7 Å². The SMILES string of the molecule is CC(=O)/C(=N/Nc1ccccc1C(=O)O)C(=O)Nc1cccc(S(=O)(=O)O)c1. The van der Waals surface area contributed by atoms with Crippen LogP contribution in [-0.2, 0) is 19.7 Å². The molecule has 1 amide bonds. The highest BCUT2D eigenvalue weighted by Gasteiger charge is 2.19. The lowest BCUT2D eigenvalue weighted by atomic mass is 10.2. The smallest absolute Gasteiger partial charge is 0.337 e. The number of Topliss-reactive ketones (excluding diaryl/α,β-unsaturated/α-hetero) is 1. The number of hydrogen-bond acceptors (Lipinski definition) is 7. The molecule has 0 fully saturated rings. The molecule has 11 heteroatoms. The molecule has 2 aromatic rings. The summed E-state index contributed by atoms with van der Waals surface area (Å²) < 4.78 is 31.4. The Kier molecular flexibility index (Phi) is 6.23. The highest BCUT2D eigenvalue weighted by Crippen LogP contribution is 2.16. The maximum Gasteiger partial charge on any atom is 0.337 e. The number of carbonyl (C=O) groups excluding carboxylic acids is 2. The summed E-state index contributed by atoms with van der Waals surface area (Å²) in [6, 6.07) is 10.5.